The molecule has 0 bridgehead atoms. The molecular formula is C17H22N2O5. The Morgan fingerprint density at radius 3 is 2.33 bits per heavy atom. The highest BCUT2D eigenvalue weighted by atomic mass is 16.5. The van der Waals surface area contributed by atoms with Crippen molar-refractivity contribution in [2.45, 2.75) is 6.54 Å². The summed E-state index contributed by atoms with van der Waals surface area (Å²) in [6, 6.07) is 7.06. The SMILES string of the molecule is COc1cc(NC(=O)CN(C)Cc2ccco2)cc(OC)c1OC. The third-order valence-corrected chi connectivity index (χ3v) is 3.37. The first-order valence-corrected chi connectivity index (χ1v) is 7.38. The third kappa shape index (κ3) is 4.42. The predicted molar refractivity (Wildman–Crippen MR) is 89.8 cm³/mol. The minimum Gasteiger partial charge on any atom is -0.493 e. The van der Waals surface area contributed by atoms with Crippen LogP contribution in [0, 0.1) is 0 Å². The van der Waals surface area contributed by atoms with Crippen molar-refractivity contribution in [3.63, 3.8) is 0 Å². The Bertz CT molecular complexity index is 645. The van der Waals surface area contributed by atoms with Gasteiger partial charge in [0.05, 0.1) is 40.7 Å². The average Bonchev–Trinajstić information content (AvgIpc) is 3.06. The van der Waals surface area contributed by atoms with Crippen LogP contribution in [0.2, 0.25) is 0 Å². The van der Waals surface area contributed by atoms with E-state index < -0.39 is 0 Å². The fourth-order valence-corrected chi connectivity index (χ4v) is 2.32. The first-order chi connectivity index (χ1) is 11.6. The molecule has 0 saturated carbocycles. The van der Waals surface area contributed by atoms with E-state index in [9.17, 15) is 4.79 Å². The number of amides is 1. The zero-order valence-electron chi connectivity index (χ0n) is 14.3. The topological polar surface area (TPSA) is 73.2 Å². The summed E-state index contributed by atoms with van der Waals surface area (Å²) >= 11 is 0. The predicted octanol–water partition coefficient (Wildman–Crippen LogP) is 2.38. The van der Waals surface area contributed by atoms with E-state index in [1.54, 1.807) is 18.4 Å². The van der Waals surface area contributed by atoms with Crippen LogP contribution in [-0.2, 0) is 11.3 Å². The second-order valence-corrected chi connectivity index (χ2v) is 5.21. The lowest BCUT2D eigenvalue weighted by molar-refractivity contribution is -0.117. The maximum atomic E-state index is 12.2. The van der Waals surface area contributed by atoms with Crippen molar-refractivity contribution >= 4 is 11.6 Å². The van der Waals surface area contributed by atoms with Gasteiger partial charge in [-0.05, 0) is 19.2 Å². The van der Waals surface area contributed by atoms with Crippen LogP contribution in [0.3, 0.4) is 0 Å². The smallest absolute Gasteiger partial charge is 0.238 e. The molecule has 2 aromatic rings. The molecule has 7 heteroatoms. The van der Waals surface area contributed by atoms with E-state index in [0.717, 1.165) is 5.76 Å². The summed E-state index contributed by atoms with van der Waals surface area (Å²) in [6.07, 6.45) is 1.61. The first kappa shape index (κ1) is 17.7. The molecule has 0 aliphatic heterocycles. The van der Waals surface area contributed by atoms with Gasteiger partial charge in [-0.3, -0.25) is 9.69 Å². The number of ether oxygens (including phenoxy) is 3. The number of carbonyl (C=O) groups is 1. The summed E-state index contributed by atoms with van der Waals surface area (Å²) in [5.41, 5.74) is 0.570. The summed E-state index contributed by atoms with van der Waals surface area (Å²) in [4.78, 5) is 14.1. The van der Waals surface area contributed by atoms with Crippen LogP contribution in [0.5, 0.6) is 17.2 Å². The molecule has 24 heavy (non-hydrogen) atoms. The maximum Gasteiger partial charge on any atom is 0.238 e. The van der Waals surface area contributed by atoms with E-state index >= 15 is 0 Å². The van der Waals surface area contributed by atoms with Gasteiger partial charge in [0.25, 0.3) is 0 Å². The van der Waals surface area contributed by atoms with E-state index in [1.807, 2.05) is 24.1 Å². The molecule has 1 N–H and O–H groups in total. The number of methoxy groups -OCH3 is 3. The standard InChI is InChI=1S/C17H22N2O5/c1-19(10-13-6-5-7-24-13)11-16(20)18-12-8-14(21-2)17(23-4)15(9-12)22-3/h5-9H,10-11H2,1-4H3,(H,18,20). The number of benzene rings is 1. The van der Waals surface area contributed by atoms with Crippen molar-refractivity contribution < 1.29 is 23.4 Å². The van der Waals surface area contributed by atoms with Gasteiger partial charge in [0.15, 0.2) is 11.5 Å². The number of hydrogen-bond donors (Lipinski definition) is 1. The van der Waals surface area contributed by atoms with Gasteiger partial charge in [-0.2, -0.15) is 0 Å². The van der Waals surface area contributed by atoms with Gasteiger partial charge in [0.2, 0.25) is 11.7 Å². The van der Waals surface area contributed by atoms with Crippen LogP contribution in [0.25, 0.3) is 0 Å². The molecule has 0 aliphatic rings. The van der Waals surface area contributed by atoms with E-state index in [4.69, 9.17) is 18.6 Å². The molecule has 1 aromatic carbocycles. The molecule has 0 fully saturated rings. The Morgan fingerprint density at radius 1 is 1.17 bits per heavy atom. The second-order valence-electron chi connectivity index (χ2n) is 5.21. The molecule has 7 nitrogen and oxygen atoms in total. The number of likely N-dealkylation sites (N-methyl/N-ethyl adjacent to an activating group) is 1. The van der Waals surface area contributed by atoms with Crippen LogP contribution in [-0.4, -0.2) is 45.7 Å². The van der Waals surface area contributed by atoms with Gasteiger partial charge in [-0.15, -0.1) is 0 Å². The number of furan rings is 1. The van der Waals surface area contributed by atoms with Gasteiger partial charge in [-0.25, -0.2) is 0 Å². The Balaban J connectivity index is 2.02. The maximum absolute atomic E-state index is 12.2. The van der Waals surface area contributed by atoms with Crippen LogP contribution < -0.4 is 19.5 Å². The quantitative estimate of drug-likeness (QED) is 0.799. The molecule has 0 radical (unpaired) electrons. The molecule has 0 atom stereocenters. The number of carbonyl (C=O) groups excluding carboxylic acids is 1. The van der Waals surface area contributed by atoms with Gasteiger partial charge >= 0.3 is 0 Å². The van der Waals surface area contributed by atoms with Crippen molar-refractivity contribution in [1.29, 1.82) is 0 Å². The van der Waals surface area contributed by atoms with Gasteiger partial charge in [0.1, 0.15) is 5.76 Å². The van der Waals surface area contributed by atoms with E-state index in [1.165, 1.54) is 21.3 Å². The van der Waals surface area contributed by atoms with E-state index in [-0.39, 0.29) is 12.5 Å². The average molecular weight is 334 g/mol. The van der Waals surface area contributed by atoms with Gasteiger partial charge in [-0.1, -0.05) is 0 Å². The molecule has 1 heterocycles. The zero-order chi connectivity index (χ0) is 17.5. The van der Waals surface area contributed by atoms with Crippen LogP contribution in [0.1, 0.15) is 5.76 Å². The molecule has 0 unspecified atom stereocenters. The summed E-state index contributed by atoms with van der Waals surface area (Å²) in [7, 11) is 6.43. The van der Waals surface area contributed by atoms with Crippen molar-refractivity contribution in [3.8, 4) is 17.2 Å². The minimum atomic E-state index is -0.154. The second kappa shape index (κ2) is 8.26. The first-order valence-electron chi connectivity index (χ1n) is 7.38. The molecular weight excluding hydrogens is 312 g/mol. The lowest BCUT2D eigenvalue weighted by atomic mass is 10.2. The lowest BCUT2D eigenvalue weighted by Crippen LogP contribution is -2.29. The highest BCUT2D eigenvalue weighted by molar-refractivity contribution is 5.93. The number of nitrogens with one attached hydrogen (secondary N) is 1. The minimum absolute atomic E-state index is 0.154. The summed E-state index contributed by atoms with van der Waals surface area (Å²) in [5.74, 6) is 2.09. The summed E-state index contributed by atoms with van der Waals surface area (Å²) < 4.78 is 21.1. The van der Waals surface area contributed by atoms with Crippen molar-refractivity contribution in [2.75, 3.05) is 40.2 Å². The monoisotopic (exact) mass is 334 g/mol. The van der Waals surface area contributed by atoms with Crippen molar-refractivity contribution in [1.82, 2.24) is 4.90 Å². The van der Waals surface area contributed by atoms with Crippen molar-refractivity contribution in [3.05, 3.63) is 36.3 Å². The van der Waals surface area contributed by atoms with E-state index in [2.05, 4.69) is 5.32 Å². The Kier molecular flexibility index (Phi) is 6.08. The fraction of sp³-hybridized carbons (Fsp3) is 0.353. The fourth-order valence-electron chi connectivity index (χ4n) is 2.32. The largest absolute Gasteiger partial charge is 0.493 e. The molecule has 0 aliphatic carbocycles. The Hall–Kier alpha value is -2.67. The Labute approximate surface area is 141 Å². The number of hydrogen-bond acceptors (Lipinski definition) is 6. The molecule has 0 saturated heterocycles. The summed E-state index contributed by atoms with van der Waals surface area (Å²) in [5, 5.41) is 2.83. The number of nitrogens with zero attached hydrogens (tertiary/aromatic N) is 1. The third-order valence-electron chi connectivity index (χ3n) is 3.37. The highest BCUT2D eigenvalue weighted by Crippen LogP contribution is 2.39. The van der Waals surface area contributed by atoms with Crippen molar-refractivity contribution in [2.24, 2.45) is 0 Å². The number of rotatable bonds is 8. The normalized spacial score (nSPS) is 10.5. The van der Waals surface area contributed by atoms with E-state index in [0.29, 0.717) is 29.5 Å². The Morgan fingerprint density at radius 2 is 1.83 bits per heavy atom. The highest BCUT2D eigenvalue weighted by Gasteiger charge is 2.15. The molecule has 0 spiro atoms. The van der Waals surface area contributed by atoms with Gasteiger partial charge in [0, 0.05) is 17.8 Å². The number of anilines is 1. The molecule has 1 aromatic heterocycles. The zero-order valence-corrected chi connectivity index (χ0v) is 14.3. The molecule has 130 valence electrons. The molecule has 2 rings (SSSR count). The van der Waals surface area contributed by atoms with Crippen LogP contribution in [0.4, 0.5) is 5.69 Å². The van der Waals surface area contributed by atoms with Crippen LogP contribution >= 0.6 is 0 Å². The van der Waals surface area contributed by atoms with Gasteiger partial charge < -0.3 is 23.9 Å². The molecule has 1 amide bonds. The summed E-state index contributed by atoms with van der Waals surface area (Å²) in [6.45, 7) is 0.771. The van der Waals surface area contributed by atoms with Crippen LogP contribution in [0.15, 0.2) is 34.9 Å². The lowest BCUT2D eigenvalue weighted by Gasteiger charge is -2.17.